The highest BCUT2D eigenvalue weighted by Crippen LogP contribution is 2.45. The van der Waals surface area contributed by atoms with Crippen molar-refractivity contribution >= 4 is 22.5 Å². The zero-order chi connectivity index (χ0) is 48.8. The van der Waals surface area contributed by atoms with Crippen molar-refractivity contribution in [2.45, 2.75) is 18.9 Å². The Balaban J connectivity index is 1.00. The Hall–Kier alpha value is -9.22. The lowest BCUT2D eigenvalue weighted by molar-refractivity contribution is 0.765. The molecule has 73 heavy (non-hydrogen) atoms. The first-order chi connectivity index (χ1) is 36.2. The van der Waals surface area contributed by atoms with Gasteiger partial charge in [0.15, 0.2) is 0 Å². The third-order valence-electron chi connectivity index (χ3n) is 14.4. The van der Waals surface area contributed by atoms with Crippen molar-refractivity contribution in [2.24, 2.45) is 5.92 Å². The fourth-order valence-electron chi connectivity index (χ4n) is 10.7. The van der Waals surface area contributed by atoms with Gasteiger partial charge in [-0.1, -0.05) is 273 Å². The van der Waals surface area contributed by atoms with Gasteiger partial charge in [-0.2, -0.15) is 0 Å². The molecule has 0 saturated carbocycles. The summed E-state index contributed by atoms with van der Waals surface area (Å²) in [6.07, 6.45) is 8.71. The van der Waals surface area contributed by atoms with Crippen molar-refractivity contribution in [1.29, 1.82) is 0 Å². The summed E-state index contributed by atoms with van der Waals surface area (Å²) in [4.78, 5) is 2.51. The van der Waals surface area contributed by atoms with Crippen LogP contribution >= 0.6 is 0 Å². The van der Waals surface area contributed by atoms with Crippen LogP contribution in [0.2, 0.25) is 0 Å². The summed E-state index contributed by atoms with van der Waals surface area (Å²) in [5.74, 6) is 7.98. The van der Waals surface area contributed by atoms with E-state index in [1.807, 2.05) is 0 Å². The molecular formula is C72H53N. The van der Waals surface area contributed by atoms with E-state index in [9.17, 15) is 0 Å². The highest BCUT2D eigenvalue weighted by Gasteiger charge is 2.29. The molecule has 0 N–H and O–H groups in total. The number of anilines is 2. The van der Waals surface area contributed by atoms with E-state index in [-0.39, 0.29) is 12.0 Å². The molecule has 2 atom stereocenters. The van der Waals surface area contributed by atoms with Crippen LogP contribution in [0, 0.1) is 17.8 Å². The normalized spacial score (nSPS) is 15.0. The van der Waals surface area contributed by atoms with Crippen molar-refractivity contribution < 1.29 is 0 Å². The topological polar surface area (TPSA) is 3.24 Å². The zero-order valence-corrected chi connectivity index (χ0v) is 40.7. The van der Waals surface area contributed by atoms with Crippen molar-refractivity contribution in [3.8, 4) is 78.6 Å². The van der Waals surface area contributed by atoms with Crippen LogP contribution in [0.3, 0.4) is 0 Å². The Kier molecular flexibility index (Phi) is 12.7. The van der Waals surface area contributed by atoms with Gasteiger partial charge < -0.3 is 4.90 Å². The van der Waals surface area contributed by atoms with Gasteiger partial charge in [-0.15, -0.1) is 0 Å². The molecule has 0 aromatic heterocycles. The van der Waals surface area contributed by atoms with Gasteiger partial charge in [0.1, 0.15) is 0 Å². The third-order valence-corrected chi connectivity index (χ3v) is 14.4. The van der Waals surface area contributed by atoms with Crippen LogP contribution in [0.5, 0.6) is 0 Å². The minimum absolute atomic E-state index is 0.179. The molecule has 0 amide bonds. The van der Waals surface area contributed by atoms with Crippen LogP contribution in [-0.2, 0) is 0 Å². The highest BCUT2D eigenvalue weighted by atomic mass is 15.2. The average Bonchev–Trinajstić information content (AvgIpc) is 3.49. The number of hydrogen-bond donors (Lipinski definition) is 0. The van der Waals surface area contributed by atoms with E-state index >= 15 is 0 Å². The predicted molar refractivity (Wildman–Crippen MR) is 309 cm³/mol. The van der Waals surface area contributed by atoms with Gasteiger partial charge in [-0.25, -0.2) is 0 Å². The second kappa shape index (κ2) is 20.6. The molecule has 0 aliphatic heterocycles. The monoisotopic (exact) mass is 931 g/mol. The summed E-state index contributed by atoms with van der Waals surface area (Å²) in [6, 6.07) is 96.5. The number of hydrogen-bond acceptors (Lipinski definition) is 1. The molecule has 10 aromatic carbocycles. The summed E-state index contributed by atoms with van der Waals surface area (Å²) in [6.45, 7) is 0. The minimum atomic E-state index is -0.179. The number of nitrogens with zero attached hydrogens (tertiary/aromatic N) is 1. The van der Waals surface area contributed by atoms with E-state index in [0.29, 0.717) is 0 Å². The van der Waals surface area contributed by atoms with E-state index in [1.54, 1.807) is 0 Å². The lowest BCUT2D eigenvalue weighted by Crippen LogP contribution is -2.32. The highest BCUT2D eigenvalue weighted by molar-refractivity contribution is 5.91. The molecule has 0 radical (unpaired) electrons. The quantitative estimate of drug-likeness (QED) is 0.110. The zero-order valence-electron chi connectivity index (χ0n) is 40.7. The molecule has 1 nitrogen and oxygen atoms in total. The average molecular weight is 932 g/mol. The Morgan fingerprint density at radius 1 is 0.342 bits per heavy atom. The summed E-state index contributed by atoms with van der Waals surface area (Å²) < 4.78 is 0. The molecule has 0 spiro atoms. The molecule has 0 heterocycles. The maximum Gasteiger partial charge on any atom is 0.0996 e. The van der Waals surface area contributed by atoms with Gasteiger partial charge in [0.25, 0.3) is 0 Å². The summed E-state index contributed by atoms with van der Waals surface area (Å²) >= 11 is 0. The molecule has 2 aliphatic carbocycles. The smallest absolute Gasteiger partial charge is 0.0996 e. The van der Waals surface area contributed by atoms with Gasteiger partial charge in [-0.05, 0) is 120 Å². The second-order valence-corrected chi connectivity index (χ2v) is 18.9. The lowest BCUT2D eigenvalue weighted by atomic mass is 9.80. The van der Waals surface area contributed by atoms with Crippen molar-refractivity contribution in [2.75, 3.05) is 4.90 Å². The Morgan fingerprint density at radius 2 is 0.712 bits per heavy atom. The minimum Gasteiger partial charge on any atom is -0.327 e. The maximum atomic E-state index is 3.92. The van der Waals surface area contributed by atoms with Crippen LogP contribution in [0.4, 0.5) is 11.4 Å². The fourth-order valence-corrected chi connectivity index (χ4v) is 10.7. The molecule has 10 aromatic rings. The Labute approximate surface area is 430 Å². The van der Waals surface area contributed by atoms with Crippen LogP contribution < -0.4 is 4.90 Å². The molecule has 12 rings (SSSR count). The van der Waals surface area contributed by atoms with Gasteiger partial charge in [0, 0.05) is 29.3 Å². The van der Waals surface area contributed by atoms with Crippen LogP contribution in [0.25, 0.3) is 77.9 Å². The Bertz CT molecular complexity index is 3500. The molecule has 0 bridgehead atoms. The van der Waals surface area contributed by atoms with Gasteiger partial charge in [-0.3, -0.25) is 0 Å². The van der Waals surface area contributed by atoms with E-state index in [0.717, 1.165) is 24.2 Å². The fraction of sp³-hybridized carbons (Fsp3) is 0.0556. The van der Waals surface area contributed by atoms with Crippen LogP contribution in [0.15, 0.2) is 291 Å². The first kappa shape index (κ1) is 45.0. The maximum absolute atomic E-state index is 3.92. The number of benzene rings is 10. The van der Waals surface area contributed by atoms with Crippen molar-refractivity contribution in [1.82, 2.24) is 0 Å². The van der Waals surface area contributed by atoms with Crippen molar-refractivity contribution in [3.05, 3.63) is 302 Å². The van der Waals surface area contributed by atoms with Gasteiger partial charge >= 0.3 is 0 Å². The molecule has 2 aliphatic rings. The largest absolute Gasteiger partial charge is 0.327 e. The molecular weight excluding hydrogens is 879 g/mol. The first-order valence-corrected chi connectivity index (χ1v) is 25.4. The number of allylic oxidation sites excluding steroid dienone is 5. The summed E-state index contributed by atoms with van der Waals surface area (Å²) in [7, 11) is 0. The van der Waals surface area contributed by atoms with Crippen LogP contribution in [-0.4, -0.2) is 6.04 Å². The molecule has 1 heteroatoms. The molecule has 0 saturated heterocycles. The number of rotatable bonds is 12. The second-order valence-electron chi connectivity index (χ2n) is 18.9. The standard InChI is InChI=1S/C72H53N/c1-7-19-52(20-8-1)55-31-37-61(38-32-55)67-46-43-64(49-70(67)58-25-13-4-14-26-58)73(65-44-47-68(71(50-65)59-27-15-5-16-28-59)62-39-33-56(34-40-62)53-21-9-2-10-22-53)66-45-48-69(72(51-66)60-29-17-6-18-30-60)63-41-35-57(36-42-63)54-23-11-3-12-24-54/h1-41,43-44,46-47,49-50,63,66H,42,51H2/t63?,66-/m0/s1. The van der Waals surface area contributed by atoms with E-state index in [2.05, 4.69) is 302 Å². The summed E-state index contributed by atoms with van der Waals surface area (Å²) in [5.41, 5.74) is 22.6. The molecule has 0 fully saturated rings. The lowest BCUT2D eigenvalue weighted by Gasteiger charge is -2.35. The van der Waals surface area contributed by atoms with E-state index in [1.165, 1.54) is 94.6 Å². The van der Waals surface area contributed by atoms with Gasteiger partial charge in [0.05, 0.1) is 6.04 Å². The van der Waals surface area contributed by atoms with Crippen LogP contribution in [0.1, 0.15) is 24.0 Å². The molecule has 1 unspecified atom stereocenters. The SMILES string of the molecule is C1#C[C@H](N(c2ccc(-c3ccc(-c4ccccc4)cc3)c(-c3ccccc3)c2)c2ccc(-c3ccc(-c4ccccc4)cc3)c(-c3ccccc3)c2)CC(c2ccccc2)=C1C1C=CC(c2ccccc2)=CC1. The third kappa shape index (κ3) is 9.56. The van der Waals surface area contributed by atoms with E-state index in [4.69, 9.17) is 0 Å². The first-order valence-electron chi connectivity index (χ1n) is 25.4. The van der Waals surface area contributed by atoms with Crippen molar-refractivity contribution in [3.63, 3.8) is 0 Å². The predicted octanol–water partition coefficient (Wildman–Crippen LogP) is 18.7. The Morgan fingerprint density at radius 3 is 1.14 bits per heavy atom. The summed E-state index contributed by atoms with van der Waals surface area (Å²) in [5, 5.41) is 0. The van der Waals surface area contributed by atoms with Gasteiger partial charge in [0.2, 0.25) is 0 Å². The molecule has 346 valence electrons. The van der Waals surface area contributed by atoms with E-state index < -0.39 is 0 Å².